The smallest absolute Gasteiger partial charge is 0.253 e. The first-order chi connectivity index (χ1) is 13.7. The van der Waals surface area contributed by atoms with E-state index >= 15 is 0 Å². The van der Waals surface area contributed by atoms with Crippen LogP contribution in [0.5, 0.6) is 11.5 Å². The van der Waals surface area contributed by atoms with Crippen molar-refractivity contribution in [2.75, 3.05) is 19.5 Å². The molecule has 1 saturated carbocycles. The number of carbonyl (C=O) groups excluding carboxylic acids is 1. The first-order valence-electron chi connectivity index (χ1n) is 9.90. The molecule has 150 valence electrons. The Balaban J connectivity index is 1.60. The molecule has 0 spiro atoms. The van der Waals surface area contributed by atoms with Crippen LogP contribution in [0.3, 0.4) is 0 Å². The summed E-state index contributed by atoms with van der Waals surface area (Å²) in [5, 5.41) is 6.49. The van der Waals surface area contributed by atoms with Gasteiger partial charge >= 0.3 is 0 Å². The Labute approximate surface area is 166 Å². The highest BCUT2D eigenvalue weighted by molar-refractivity contribution is 5.94. The molecule has 28 heavy (non-hydrogen) atoms. The van der Waals surface area contributed by atoms with Gasteiger partial charge in [-0.05, 0) is 36.6 Å². The van der Waals surface area contributed by atoms with Crippen molar-refractivity contribution < 1.29 is 14.3 Å². The predicted molar refractivity (Wildman–Crippen MR) is 110 cm³/mol. The van der Waals surface area contributed by atoms with E-state index in [1.165, 1.54) is 38.5 Å². The lowest BCUT2D eigenvalue weighted by atomic mass is 10.1. The molecule has 6 nitrogen and oxygen atoms in total. The van der Waals surface area contributed by atoms with Crippen LogP contribution in [-0.2, 0) is 6.54 Å². The lowest BCUT2D eigenvalue weighted by molar-refractivity contribution is 0.0950. The largest absolute Gasteiger partial charge is 0.493 e. The summed E-state index contributed by atoms with van der Waals surface area (Å²) in [5.74, 6) is 1.16. The van der Waals surface area contributed by atoms with Crippen LogP contribution in [0.4, 0.5) is 5.69 Å². The van der Waals surface area contributed by atoms with Crippen molar-refractivity contribution in [2.45, 2.75) is 51.1 Å². The molecule has 1 aromatic heterocycles. The van der Waals surface area contributed by atoms with E-state index in [0.29, 0.717) is 29.6 Å². The second kappa shape index (κ2) is 9.97. The van der Waals surface area contributed by atoms with Crippen molar-refractivity contribution >= 4 is 11.6 Å². The number of hydrogen-bond donors (Lipinski definition) is 2. The Kier molecular flexibility index (Phi) is 7.12. The fourth-order valence-electron chi connectivity index (χ4n) is 3.58. The Morgan fingerprint density at radius 3 is 2.50 bits per heavy atom. The van der Waals surface area contributed by atoms with Gasteiger partial charge in [-0.25, -0.2) is 0 Å². The van der Waals surface area contributed by atoms with E-state index in [-0.39, 0.29) is 5.91 Å². The molecule has 2 aromatic rings. The Morgan fingerprint density at radius 1 is 1.04 bits per heavy atom. The zero-order valence-corrected chi connectivity index (χ0v) is 16.7. The summed E-state index contributed by atoms with van der Waals surface area (Å²) in [7, 11) is 3.20. The Hall–Kier alpha value is -2.76. The zero-order valence-electron chi connectivity index (χ0n) is 16.7. The van der Waals surface area contributed by atoms with Crippen LogP contribution in [0.25, 0.3) is 0 Å². The number of aromatic nitrogens is 1. The minimum atomic E-state index is -0.146. The number of carbonyl (C=O) groups is 1. The molecule has 1 aromatic carbocycles. The van der Waals surface area contributed by atoms with Crippen LogP contribution >= 0.6 is 0 Å². The monoisotopic (exact) mass is 383 g/mol. The average Bonchev–Trinajstić information content (AvgIpc) is 3.00. The van der Waals surface area contributed by atoms with Gasteiger partial charge in [0, 0.05) is 25.0 Å². The number of pyridine rings is 1. The lowest BCUT2D eigenvalue weighted by Crippen LogP contribution is -2.23. The van der Waals surface area contributed by atoms with E-state index in [1.54, 1.807) is 26.6 Å². The van der Waals surface area contributed by atoms with E-state index in [1.807, 2.05) is 24.3 Å². The molecule has 6 heteroatoms. The number of hydrogen-bond acceptors (Lipinski definition) is 5. The summed E-state index contributed by atoms with van der Waals surface area (Å²) in [6, 6.07) is 7.95. The predicted octanol–water partition coefficient (Wildman–Crippen LogP) is 4.16. The molecule has 3 rings (SSSR count). The normalized spacial score (nSPS) is 14.8. The summed E-state index contributed by atoms with van der Waals surface area (Å²) < 4.78 is 10.6. The number of nitrogens with one attached hydrogen (secondary N) is 2. The second-order valence-electron chi connectivity index (χ2n) is 7.17. The maximum Gasteiger partial charge on any atom is 0.253 e. The van der Waals surface area contributed by atoms with Gasteiger partial charge in [0.25, 0.3) is 5.91 Å². The van der Waals surface area contributed by atoms with Crippen molar-refractivity contribution in [3.05, 3.63) is 47.8 Å². The van der Waals surface area contributed by atoms with Crippen molar-refractivity contribution in [2.24, 2.45) is 0 Å². The first-order valence-corrected chi connectivity index (χ1v) is 9.90. The number of anilines is 1. The molecule has 0 unspecified atom stereocenters. The van der Waals surface area contributed by atoms with Gasteiger partial charge in [-0.3, -0.25) is 9.78 Å². The van der Waals surface area contributed by atoms with Gasteiger partial charge < -0.3 is 20.1 Å². The quantitative estimate of drug-likeness (QED) is 0.702. The van der Waals surface area contributed by atoms with Gasteiger partial charge in [-0.2, -0.15) is 0 Å². The maximum atomic E-state index is 12.6. The average molecular weight is 383 g/mol. The maximum absolute atomic E-state index is 12.6. The summed E-state index contributed by atoms with van der Waals surface area (Å²) in [6.07, 6.45) is 10.9. The number of ether oxygens (including phenoxy) is 2. The highest BCUT2D eigenvalue weighted by Crippen LogP contribution is 2.27. The van der Waals surface area contributed by atoms with E-state index in [2.05, 4.69) is 15.6 Å². The van der Waals surface area contributed by atoms with Crippen molar-refractivity contribution in [3.8, 4) is 11.5 Å². The van der Waals surface area contributed by atoms with Crippen molar-refractivity contribution in [3.63, 3.8) is 0 Å². The van der Waals surface area contributed by atoms with Gasteiger partial charge in [0.2, 0.25) is 0 Å². The fourth-order valence-corrected chi connectivity index (χ4v) is 3.58. The van der Waals surface area contributed by atoms with E-state index in [9.17, 15) is 4.79 Å². The van der Waals surface area contributed by atoms with Crippen LogP contribution < -0.4 is 20.1 Å². The van der Waals surface area contributed by atoms with Crippen LogP contribution in [0, 0.1) is 0 Å². The Bertz CT molecular complexity index is 786. The minimum absolute atomic E-state index is 0.146. The molecular formula is C22H29N3O3. The van der Waals surface area contributed by atoms with Crippen LogP contribution in [0.15, 0.2) is 36.7 Å². The molecule has 1 aliphatic rings. The zero-order chi connectivity index (χ0) is 19.8. The lowest BCUT2D eigenvalue weighted by Gasteiger charge is -2.17. The van der Waals surface area contributed by atoms with E-state index < -0.39 is 0 Å². The molecule has 1 amide bonds. The number of methoxy groups -OCH3 is 2. The summed E-state index contributed by atoms with van der Waals surface area (Å²) in [4.78, 5) is 16.8. The summed E-state index contributed by atoms with van der Waals surface area (Å²) in [6.45, 7) is 0.402. The van der Waals surface area contributed by atoms with Crippen LogP contribution in [0.1, 0.15) is 54.4 Å². The van der Waals surface area contributed by atoms with Crippen molar-refractivity contribution in [1.82, 2.24) is 10.3 Å². The minimum Gasteiger partial charge on any atom is -0.493 e. The van der Waals surface area contributed by atoms with Gasteiger partial charge in [0.15, 0.2) is 11.5 Å². The molecule has 0 bridgehead atoms. The van der Waals surface area contributed by atoms with Crippen LogP contribution in [0.2, 0.25) is 0 Å². The number of benzene rings is 1. The molecule has 0 aliphatic heterocycles. The summed E-state index contributed by atoms with van der Waals surface area (Å²) in [5.41, 5.74) is 2.40. The van der Waals surface area contributed by atoms with Gasteiger partial charge in [0.05, 0.1) is 25.5 Å². The van der Waals surface area contributed by atoms with Crippen molar-refractivity contribution in [1.29, 1.82) is 0 Å². The molecule has 0 radical (unpaired) electrons. The topological polar surface area (TPSA) is 72.5 Å². The molecule has 1 fully saturated rings. The van der Waals surface area contributed by atoms with Crippen LogP contribution in [-0.4, -0.2) is 31.2 Å². The third-order valence-electron chi connectivity index (χ3n) is 5.13. The summed E-state index contributed by atoms with van der Waals surface area (Å²) >= 11 is 0. The van der Waals surface area contributed by atoms with Gasteiger partial charge in [0.1, 0.15) is 0 Å². The van der Waals surface area contributed by atoms with E-state index in [0.717, 1.165) is 11.3 Å². The standard InChI is InChI=1S/C22H29N3O3/c1-27-20-10-9-16(11-21(20)28-2)13-24-22(26)17-12-19(15-23-14-17)25-18-7-5-3-4-6-8-18/h9-12,14-15,18,25H,3-8,13H2,1-2H3,(H,24,26). The molecule has 0 atom stereocenters. The highest BCUT2D eigenvalue weighted by atomic mass is 16.5. The molecule has 2 N–H and O–H groups in total. The van der Waals surface area contributed by atoms with E-state index in [4.69, 9.17) is 9.47 Å². The van der Waals surface area contributed by atoms with Gasteiger partial charge in [-0.15, -0.1) is 0 Å². The highest BCUT2D eigenvalue weighted by Gasteiger charge is 2.13. The fraction of sp³-hybridized carbons (Fsp3) is 0.455. The van der Waals surface area contributed by atoms with Gasteiger partial charge in [-0.1, -0.05) is 31.7 Å². The second-order valence-corrected chi connectivity index (χ2v) is 7.17. The molecule has 1 aliphatic carbocycles. The molecular weight excluding hydrogens is 354 g/mol. The Morgan fingerprint density at radius 2 is 1.79 bits per heavy atom. The molecule has 0 saturated heterocycles. The third kappa shape index (κ3) is 5.38. The third-order valence-corrected chi connectivity index (χ3v) is 5.13. The first kappa shape index (κ1) is 20.0. The number of amides is 1. The number of rotatable bonds is 7. The SMILES string of the molecule is COc1ccc(CNC(=O)c2cncc(NC3CCCCCC3)c2)cc1OC. The molecule has 1 heterocycles. The number of nitrogens with zero attached hydrogens (tertiary/aromatic N) is 1.